The summed E-state index contributed by atoms with van der Waals surface area (Å²) in [5.41, 5.74) is 0.206. The third-order valence-electron chi connectivity index (χ3n) is 2.52. The molecule has 1 heterocycles. The van der Waals surface area contributed by atoms with Crippen LogP contribution in [0.25, 0.3) is 0 Å². The average molecular weight is 278 g/mol. The van der Waals surface area contributed by atoms with Crippen LogP contribution in [0, 0.1) is 6.92 Å². The largest absolute Gasteiger partial charge is 0.508 e. The number of nitrogens with one attached hydrogen (secondary N) is 1. The predicted octanol–water partition coefficient (Wildman–Crippen LogP) is 2.35. The lowest BCUT2D eigenvalue weighted by Crippen LogP contribution is -2.26. The van der Waals surface area contributed by atoms with Gasteiger partial charge in [-0.15, -0.1) is 11.3 Å². The van der Waals surface area contributed by atoms with Gasteiger partial charge in [-0.05, 0) is 26.0 Å². The van der Waals surface area contributed by atoms with Gasteiger partial charge >= 0.3 is 0 Å². The van der Waals surface area contributed by atoms with Gasteiger partial charge in [0.25, 0.3) is 5.91 Å². The smallest absolute Gasteiger partial charge is 0.252 e. The molecule has 6 heteroatoms. The van der Waals surface area contributed by atoms with Gasteiger partial charge in [-0.25, -0.2) is 4.98 Å². The lowest BCUT2D eigenvalue weighted by Gasteiger charge is -2.11. The summed E-state index contributed by atoms with van der Waals surface area (Å²) in [6.07, 6.45) is 1.75. The first kappa shape index (κ1) is 13.4. The minimum atomic E-state index is -0.369. The third-order valence-corrected chi connectivity index (χ3v) is 3.62. The predicted molar refractivity (Wildman–Crippen MR) is 72.5 cm³/mol. The van der Waals surface area contributed by atoms with Gasteiger partial charge in [0, 0.05) is 22.7 Å². The Morgan fingerprint density at radius 3 is 2.47 bits per heavy atom. The highest BCUT2D eigenvalue weighted by atomic mass is 32.1. The Morgan fingerprint density at radius 1 is 1.32 bits per heavy atom. The van der Waals surface area contributed by atoms with Gasteiger partial charge in [-0.1, -0.05) is 0 Å². The fourth-order valence-electron chi connectivity index (χ4n) is 1.64. The number of aromatic hydroxyl groups is 2. The van der Waals surface area contributed by atoms with E-state index in [1.807, 2.05) is 13.8 Å². The second-order valence-electron chi connectivity index (χ2n) is 4.24. The molecule has 1 aromatic heterocycles. The summed E-state index contributed by atoms with van der Waals surface area (Å²) in [4.78, 5) is 17.3. The van der Waals surface area contributed by atoms with E-state index in [1.54, 1.807) is 6.20 Å². The molecule has 1 atom stereocenters. The molecule has 1 amide bonds. The van der Waals surface area contributed by atoms with E-state index < -0.39 is 0 Å². The minimum Gasteiger partial charge on any atom is -0.508 e. The summed E-state index contributed by atoms with van der Waals surface area (Å²) >= 11 is 1.51. The van der Waals surface area contributed by atoms with E-state index in [0.29, 0.717) is 0 Å². The quantitative estimate of drug-likeness (QED) is 0.805. The van der Waals surface area contributed by atoms with Crippen LogP contribution in [0.2, 0.25) is 0 Å². The molecule has 100 valence electrons. The molecule has 0 saturated heterocycles. The van der Waals surface area contributed by atoms with Crippen LogP contribution in [0.5, 0.6) is 11.5 Å². The Hall–Kier alpha value is -2.08. The normalized spacial score (nSPS) is 12.1. The van der Waals surface area contributed by atoms with Crippen LogP contribution in [0.1, 0.15) is 33.2 Å². The summed E-state index contributed by atoms with van der Waals surface area (Å²) in [5, 5.41) is 22.3. The number of carbonyl (C=O) groups is 1. The molecule has 2 aromatic rings. The van der Waals surface area contributed by atoms with E-state index in [1.165, 1.54) is 29.5 Å². The molecular weight excluding hydrogens is 264 g/mol. The van der Waals surface area contributed by atoms with Crippen molar-refractivity contribution in [2.75, 3.05) is 0 Å². The molecule has 0 spiro atoms. The molecule has 1 unspecified atom stereocenters. The maximum Gasteiger partial charge on any atom is 0.252 e. The fraction of sp³-hybridized carbons (Fsp3) is 0.231. The molecule has 0 aliphatic rings. The first-order valence-corrected chi connectivity index (χ1v) is 6.53. The molecule has 0 bridgehead atoms. The Labute approximate surface area is 114 Å². The molecule has 19 heavy (non-hydrogen) atoms. The number of aryl methyl sites for hydroxylation is 1. The molecule has 0 radical (unpaired) electrons. The van der Waals surface area contributed by atoms with Crippen LogP contribution in [-0.4, -0.2) is 21.1 Å². The van der Waals surface area contributed by atoms with Crippen LogP contribution in [0.15, 0.2) is 24.4 Å². The Morgan fingerprint density at radius 2 is 1.95 bits per heavy atom. The van der Waals surface area contributed by atoms with Gasteiger partial charge in [-0.3, -0.25) is 4.79 Å². The number of aromatic nitrogens is 1. The van der Waals surface area contributed by atoms with Crippen molar-refractivity contribution in [1.29, 1.82) is 0 Å². The summed E-state index contributed by atoms with van der Waals surface area (Å²) < 4.78 is 0. The number of carbonyl (C=O) groups excluding carboxylic acids is 1. The van der Waals surface area contributed by atoms with Crippen LogP contribution in [0.4, 0.5) is 0 Å². The number of hydrogen-bond acceptors (Lipinski definition) is 5. The standard InChI is InChI=1S/C13H14N2O3S/c1-7-6-14-13(19-7)8(2)15-12(18)9-3-10(16)5-11(17)4-9/h3-6,8,16-17H,1-2H3,(H,15,18). The lowest BCUT2D eigenvalue weighted by molar-refractivity contribution is 0.0939. The fourth-order valence-corrected chi connectivity index (χ4v) is 2.42. The highest BCUT2D eigenvalue weighted by molar-refractivity contribution is 7.11. The van der Waals surface area contributed by atoms with Crippen molar-refractivity contribution in [3.63, 3.8) is 0 Å². The molecule has 5 nitrogen and oxygen atoms in total. The molecule has 0 aliphatic carbocycles. The van der Waals surface area contributed by atoms with E-state index in [2.05, 4.69) is 10.3 Å². The van der Waals surface area contributed by atoms with E-state index >= 15 is 0 Å². The second kappa shape index (κ2) is 5.27. The minimum absolute atomic E-state index is 0.150. The van der Waals surface area contributed by atoms with Crippen LogP contribution >= 0.6 is 11.3 Å². The molecule has 0 fully saturated rings. The van der Waals surface area contributed by atoms with Gasteiger partial charge < -0.3 is 15.5 Å². The SMILES string of the molecule is Cc1cnc(C(C)NC(=O)c2cc(O)cc(O)c2)s1. The number of rotatable bonds is 3. The van der Waals surface area contributed by atoms with Gasteiger partial charge in [0.1, 0.15) is 16.5 Å². The topological polar surface area (TPSA) is 82.5 Å². The van der Waals surface area contributed by atoms with Crippen LogP contribution in [0.3, 0.4) is 0 Å². The monoisotopic (exact) mass is 278 g/mol. The second-order valence-corrected chi connectivity index (χ2v) is 5.51. The molecule has 0 saturated carbocycles. The number of nitrogens with zero attached hydrogens (tertiary/aromatic N) is 1. The Kier molecular flexibility index (Phi) is 3.71. The van der Waals surface area contributed by atoms with E-state index in [-0.39, 0.29) is 29.0 Å². The summed E-state index contributed by atoms with van der Waals surface area (Å²) in [7, 11) is 0. The van der Waals surface area contributed by atoms with Crippen LogP contribution in [-0.2, 0) is 0 Å². The summed E-state index contributed by atoms with van der Waals surface area (Å²) in [6.45, 7) is 3.78. The van der Waals surface area contributed by atoms with Crippen molar-refractivity contribution in [2.45, 2.75) is 19.9 Å². The van der Waals surface area contributed by atoms with Gasteiger partial charge in [0.05, 0.1) is 6.04 Å². The lowest BCUT2D eigenvalue weighted by atomic mass is 10.2. The number of benzene rings is 1. The maximum absolute atomic E-state index is 12.0. The number of thiazole rings is 1. The van der Waals surface area contributed by atoms with Crippen molar-refractivity contribution in [2.24, 2.45) is 0 Å². The van der Waals surface area contributed by atoms with Crippen molar-refractivity contribution in [3.05, 3.63) is 39.8 Å². The summed E-state index contributed by atoms with van der Waals surface area (Å²) in [6, 6.07) is 3.55. The van der Waals surface area contributed by atoms with Gasteiger partial charge in [0.15, 0.2) is 0 Å². The van der Waals surface area contributed by atoms with Gasteiger partial charge in [-0.2, -0.15) is 0 Å². The molecule has 0 aliphatic heterocycles. The van der Waals surface area contributed by atoms with Crippen molar-refractivity contribution < 1.29 is 15.0 Å². The zero-order valence-corrected chi connectivity index (χ0v) is 11.4. The first-order valence-electron chi connectivity index (χ1n) is 5.72. The van der Waals surface area contributed by atoms with Crippen LogP contribution < -0.4 is 5.32 Å². The molecular formula is C13H14N2O3S. The third kappa shape index (κ3) is 3.23. The molecule has 3 N–H and O–H groups in total. The van der Waals surface area contributed by atoms with Gasteiger partial charge in [0.2, 0.25) is 0 Å². The van der Waals surface area contributed by atoms with Crippen molar-refractivity contribution >= 4 is 17.2 Å². The first-order chi connectivity index (χ1) is 8.95. The zero-order valence-electron chi connectivity index (χ0n) is 10.5. The van der Waals surface area contributed by atoms with Crippen molar-refractivity contribution in [1.82, 2.24) is 10.3 Å². The van der Waals surface area contributed by atoms with Crippen molar-refractivity contribution in [3.8, 4) is 11.5 Å². The average Bonchev–Trinajstić information content (AvgIpc) is 2.74. The number of phenols is 2. The Bertz CT molecular complexity index is 589. The number of hydrogen-bond donors (Lipinski definition) is 3. The highest BCUT2D eigenvalue weighted by Crippen LogP contribution is 2.22. The number of phenolic OH excluding ortho intramolecular Hbond substituents is 2. The molecule has 2 rings (SSSR count). The zero-order chi connectivity index (χ0) is 14.0. The number of amides is 1. The van der Waals surface area contributed by atoms with E-state index in [4.69, 9.17) is 0 Å². The van der Waals surface area contributed by atoms with E-state index in [0.717, 1.165) is 9.88 Å². The van der Waals surface area contributed by atoms with E-state index in [9.17, 15) is 15.0 Å². The summed E-state index contributed by atoms with van der Waals surface area (Å²) in [5.74, 6) is -0.669. The Balaban J connectivity index is 2.12. The highest BCUT2D eigenvalue weighted by Gasteiger charge is 2.15. The maximum atomic E-state index is 12.0. The molecule has 1 aromatic carbocycles.